The van der Waals surface area contributed by atoms with Crippen molar-refractivity contribution in [1.29, 1.82) is 0 Å². The zero-order valence-corrected chi connectivity index (χ0v) is 13.0. The number of carbonyl (C=O) groups excluding carboxylic acids is 2. The molecule has 0 aromatic heterocycles. The molecule has 21 heavy (non-hydrogen) atoms. The predicted octanol–water partition coefficient (Wildman–Crippen LogP) is 1.53. The lowest BCUT2D eigenvalue weighted by Gasteiger charge is -2.24. The summed E-state index contributed by atoms with van der Waals surface area (Å²) < 4.78 is 4.59. The Hall–Kier alpha value is -1.88. The Kier molecular flexibility index (Phi) is 7.46. The van der Waals surface area contributed by atoms with Gasteiger partial charge in [0.1, 0.15) is 0 Å². The summed E-state index contributed by atoms with van der Waals surface area (Å²) in [6, 6.07) is 9.92. The van der Waals surface area contributed by atoms with E-state index >= 15 is 0 Å². The van der Waals surface area contributed by atoms with E-state index in [9.17, 15) is 9.59 Å². The molecular weight excluding hydrogens is 268 g/mol. The quantitative estimate of drug-likeness (QED) is 0.682. The number of likely N-dealkylation sites (N-methyl/N-ethyl adjacent to an activating group) is 2. The first-order chi connectivity index (χ1) is 10.1. The predicted molar refractivity (Wildman–Crippen MR) is 81.7 cm³/mol. The summed E-state index contributed by atoms with van der Waals surface area (Å²) in [7, 11) is 3.20. The van der Waals surface area contributed by atoms with Gasteiger partial charge in [0.05, 0.1) is 20.1 Å². The summed E-state index contributed by atoms with van der Waals surface area (Å²) in [4.78, 5) is 27.0. The number of benzene rings is 1. The van der Waals surface area contributed by atoms with Crippen LogP contribution in [0.25, 0.3) is 0 Å². The molecule has 1 amide bonds. The Bertz CT molecular complexity index is 448. The highest BCUT2D eigenvalue weighted by molar-refractivity contribution is 5.78. The van der Waals surface area contributed by atoms with E-state index in [0.29, 0.717) is 32.6 Å². The van der Waals surface area contributed by atoms with Crippen molar-refractivity contribution in [3.63, 3.8) is 0 Å². The van der Waals surface area contributed by atoms with Gasteiger partial charge in [-0.15, -0.1) is 0 Å². The monoisotopic (exact) mass is 292 g/mol. The average Bonchev–Trinajstić information content (AvgIpc) is 2.51. The number of hydrogen-bond acceptors (Lipinski definition) is 4. The van der Waals surface area contributed by atoms with Crippen molar-refractivity contribution in [3.05, 3.63) is 35.9 Å². The normalized spacial score (nSPS) is 10.5. The third kappa shape index (κ3) is 6.40. The minimum absolute atomic E-state index is 0.0636. The maximum Gasteiger partial charge on any atom is 0.306 e. The van der Waals surface area contributed by atoms with E-state index in [1.165, 1.54) is 7.11 Å². The van der Waals surface area contributed by atoms with Gasteiger partial charge in [0.15, 0.2) is 0 Å². The standard InChI is InChI=1S/C16H24N2O3/c1-4-18(12-14-8-6-5-7-9-14)15(19)13-17(2)11-10-16(20)21-3/h5-9H,4,10-13H2,1-3H3. The zero-order chi connectivity index (χ0) is 15.7. The van der Waals surface area contributed by atoms with Crippen molar-refractivity contribution in [2.45, 2.75) is 19.9 Å². The summed E-state index contributed by atoms with van der Waals surface area (Å²) in [5.41, 5.74) is 1.12. The number of rotatable bonds is 8. The Morgan fingerprint density at radius 3 is 2.43 bits per heavy atom. The second-order valence-electron chi connectivity index (χ2n) is 4.96. The Morgan fingerprint density at radius 1 is 1.19 bits per heavy atom. The van der Waals surface area contributed by atoms with Crippen molar-refractivity contribution >= 4 is 11.9 Å². The molecule has 0 unspecified atom stereocenters. The average molecular weight is 292 g/mol. The fourth-order valence-electron chi connectivity index (χ4n) is 1.97. The molecule has 0 bridgehead atoms. The van der Waals surface area contributed by atoms with E-state index < -0.39 is 0 Å². The molecule has 0 radical (unpaired) electrons. The van der Waals surface area contributed by atoms with Crippen LogP contribution < -0.4 is 0 Å². The molecule has 1 aromatic rings. The van der Waals surface area contributed by atoms with Crippen molar-refractivity contribution in [3.8, 4) is 0 Å². The lowest BCUT2D eigenvalue weighted by molar-refractivity contribution is -0.141. The molecule has 0 saturated carbocycles. The van der Waals surface area contributed by atoms with Crippen LogP contribution in [0, 0.1) is 0 Å². The van der Waals surface area contributed by atoms with E-state index in [1.54, 1.807) is 0 Å². The van der Waals surface area contributed by atoms with Gasteiger partial charge >= 0.3 is 5.97 Å². The lowest BCUT2D eigenvalue weighted by atomic mass is 10.2. The molecule has 0 heterocycles. The van der Waals surface area contributed by atoms with E-state index in [4.69, 9.17) is 0 Å². The van der Waals surface area contributed by atoms with Gasteiger partial charge < -0.3 is 9.64 Å². The fourth-order valence-corrected chi connectivity index (χ4v) is 1.97. The van der Waals surface area contributed by atoms with Gasteiger partial charge in [0, 0.05) is 19.6 Å². The van der Waals surface area contributed by atoms with Crippen molar-refractivity contribution in [1.82, 2.24) is 9.80 Å². The molecule has 116 valence electrons. The van der Waals surface area contributed by atoms with Crippen molar-refractivity contribution < 1.29 is 14.3 Å². The number of nitrogens with zero attached hydrogens (tertiary/aromatic N) is 2. The SMILES string of the molecule is CCN(Cc1ccccc1)C(=O)CN(C)CCC(=O)OC. The van der Waals surface area contributed by atoms with Gasteiger partial charge in [-0.2, -0.15) is 0 Å². The van der Waals surface area contributed by atoms with E-state index in [-0.39, 0.29) is 11.9 Å². The fraction of sp³-hybridized carbons (Fsp3) is 0.500. The Morgan fingerprint density at radius 2 is 1.86 bits per heavy atom. The number of ether oxygens (including phenoxy) is 1. The van der Waals surface area contributed by atoms with Crippen molar-refractivity contribution in [2.75, 3.05) is 33.8 Å². The zero-order valence-electron chi connectivity index (χ0n) is 13.0. The van der Waals surface area contributed by atoms with Crippen LogP contribution in [0.1, 0.15) is 18.9 Å². The second-order valence-corrected chi connectivity index (χ2v) is 4.96. The first-order valence-corrected chi connectivity index (χ1v) is 7.13. The van der Waals surface area contributed by atoms with Gasteiger partial charge in [0.2, 0.25) is 5.91 Å². The molecule has 0 aliphatic carbocycles. The number of amides is 1. The van der Waals surface area contributed by atoms with Gasteiger partial charge in [-0.25, -0.2) is 0 Å². The van der Waals surface area contributed by atoms with Crippen LogP contribution in [0.5, 0.6) is 0 Å². The summed E-state index contributed by atoms with van der Waals surface area (Å²) >= 11 is 0. The van der Waals surface area contributed by atoms with Crippen molar-refractivity contribution in [2.24, 2.45) is 0 Å². The van der Waals surface area contributed by atoms with E-state index in [1.807, 2.05) is 54.1 Å². The van der Waals surface area contributed by atoms with Crippen LogP contribution in [0.4, 0.5) is 0 Å². The topological polar surface area (TPSA) is 49.9 Å². The smallest absolute Gasteiger partial charge is 0.306 e. The molecule has 0 aliphatic rings. The summed E-state index contributed by atoms with van der Waals surface area (Å²) in [6.07, 6.45) is 0.297. The third-order valence-corrected chi connectivity index (χ3v) is 3.28. The highest BCUT2D eigenvalue weighted by Gasteiger charge is 2.15. The van der Waals surface area contributed by atoms with Gasteiger partial charge in [-0.3, -0.25) is 14.5 Å². The number of carbonyl (C=O) groups is 2. The molecule has 0 saturated heterocycles. The highest BCUT2D eigenvalue weighted by atomic mass is 16.5. The number of methoxy groups -OCH3 is 1. The van der Waals surface area contributed by atoms with Crippen LogP contribution in [-0.2, 0) is 20.9 Å². The number of esters is 1. The molecule has 1 aromatic carbocycles. The first kappa shape index (κ1) is 17.2. The Balaban J connectivity index is 2.45. The lowest BCUT2D eigenvalue weighted by Crippen LogP contribution is -2.39. The molecule has 0 spiro atoms. The van der Waals surface area contributed by atoms with Crippen LogP contribution in [-0.4, -0.2) is 55.5 Å². The Labute approximate surface area is 126 Å². The van der Waals surface area contributed by atoms with Gasteiger partial charge in [0.25, 0.3) is 0 Å². The van der Waals surface area contributed by atoms with Gasteiger partial charge in [-0.1, -0.05) is 30.3 Å². The molecule has 0 aliphatic heterocycles. The molecular formula is C16H24N2O3. The van der Waals surface area contributed by atoms with Crippen LogP contribution >= 0.6 is 0 Å². The molecule has 5 heteroatoms. The molecule has 0 N–H and O–H groups in total. The summed E-state index contributed by atoms with van der Waals surface area (Å²) in [6.45, 7) is 4.06. The largest absolute Gasteiger partial charge is 0.469 e. The summed E-state index contributed by atoms with van der Waals surface area (Å²) in [5, 5.41) is 0. The molecule has 5 nitrogen and oxygen atoms in total. The minimum Gasteiger partial charge on any atom is -0.469 e. The molecule has 0 atom stereocenters. The second kappa shape index (κ2) is 9.13. The van der Waals surface area contributed by atoms with Crippen LogP contribution in [0.15, 0.2) is 30.3 Å². The van der Waals surface area contributed by atoms with E-state index in [0.717, 1.165) is 5.56 Å². The highest BCUT2D eigenvalue weighted by Crippen LogP contribution is 2.05. The van der Waals surface area contributed by atoms with E-state index in [2.05, 4.69) is 4.74 Å². The number of hydrogen-bond donors (Lipinski definition) is 0. The molecule has 0 fully saturated rings. The first-order valence-electron chi connectivity index (χ1n) is 7.13. The maximum atomic E-state index is 12.3. The molecule has 1 rings (SSSR count). The van der Waals surface area contributed by atoms with Gasteiger partial charge in [-0.05, 0) is 19.5 Å². The third-order valence-electron chi connectivity index (χ3n) is 3.28. The maximum absolute atomic E-state index is 12.3. The minimum atomic E-state index is -0.258. The summed E-state index contributed by atoms with van der Waals surface area (Å²) in [5.74, 6) is -0.195. The van der Waals surface area contributed by atoms with Crippen LogP contribution in [0.3, 0.4) is 0 Å². The van der Waals surface area contributed by atoms with Crippen LogP contribution in [0.2, 0.25) is 0 Å².